The van der Waals surface area contributed by atoms with Crippen molar-refractivity contribution in [1.29, 1.82) is 0 Å². The Bertz CT molecular complexity index is 912. The van der Waals surface area contributed by atoms with E-state index >= 15 is 0 Å². The molecule has 1 saturated heterocycles. The number of urea groups is 1. The molecule has 0 radical (unpaired) electrons. The van der Waals surface area contributed by atoms with Crippen LogP contribution in [-0.4, -0.2) is 30.1 Å². The second kappa shape index (κ2) is 8.80. The van der Waals surface area contributed by atoms with Crippen molar-refractivity contribution in [3.63, 3.8) is 0 Å². The highest BCUT2D eigenvalue weighted by Crippen LogP contribution is 2.35. The van der Waals surface area contributed by atoms with Crippen LogP contribution in [0.25, 0.3) is 6.08 Å². The van der Waals surface area contributed by atoms with Gasteiger partial charge >= 0.3 is 6.03 Å². The van der Waals surface area contributed by atoms with Crippen LogP contribution in [0.5, 0.6) is 11.5 Å². The lowest BCUT2D eigenvalue weighted by atomic mass is 10.1. The van der Waals surface area contributed by atoms with E-state index in [9.17, 15) is 9.59 Å². The van der Waals surface area contributed by atoms with Gasteiger partial charge in [0.25, 0.3) is 5.91 Å². The number of hydrogen-bond acceptors (Lipinski definition) is 4. The van der Waals surface area contributed by atoms with Gasteiger partial charge in [-0.25, -0.2) is 4.79 Å². The first kappa shape index (κ1) is 19.8. The zero-order chi connectivity index (χ0) is 20.1. The summed E-state index contributed by atoms with van der Waals surface area (Å²) in [6, 6.07) is 12.2. The number of benzene rings is 2. The Morgan fingerprint density at radius 3 is 2.32 bits per heavy atom. The second-order valence-corrected chi connectivity index (χ2v) is 6.46. The van der Waals surface area contributed by atoms with Crippen LogP contribution in [0.2, 0.25) is 5.02 Å². The molecule has 1 aliphatic rings. The van der Waals surface area contributed by atoms with Gasteiger partial charge in [0.15, 0.2) is 11.5 Å². The minimum Gasteiger partial charge on any atom is -0.490 e. The number of nitrogens with zero attached hydrogens (tertiary/aromatic N) is 1. The van der Waals surface area contributed by atoms with Gasteiger partial charge < -0.3 is 14.8 Å². The Morgan fingerprint density at radius 2 is 1.68 bits per heavy atom. The SMILES string of the molecule is CCOc1cc(Cl)c(/C=C2/NC(=O)N(Cc3ccccc3)C2=O)cc1OCC. The first-order chi connectivity index (χ1) is 13.5. The first-order valence-corrected chi connectivity index (χ1v) is 9.38. The second-order valence-electron chi connectivity index (χ2n) is 6.05. The molecule has 0 aliphatic carbocycles. The Labute approximate surface area is 168 Å². The predicted octanol–water partition coefficient (Wildman–Crippen LogP) is 4.23. The van der Waals surface area contributed by atoms with Crippen molar-refractivity contribution < 1.29 is 19.1 Å². The predicted molar refractivity (Wildman–Crippen MR) is 107 cm³/mol. The van der Waals surface area contributed by atoms with Crippen molar-refractivity contribution in [2.24, 2.45) is 0 Å². The van der Waals surface area contributed by atoms with E-state index in [1.165, 1.54) is 0 Å². The monoisotopic (exact) mass is 400 g/mol. The van der Waals surface area contributed by atoms with Gasteiger partial charge in [-0.1, -0.05) is 41.9 Å². The van der Waals surface area contributed by atoms with E-state index in [-0.39, 0.29) is 12.2 Å². The van der Waals surface area contributed by atoms with Gasteiger partial charge in [-0.05, 0) is 37.1 Å². The zero-order valence-electron chi connectivity index (χ0n) is 15.7. The summed E-state index contributed by atoms with van der Waals surface area (Å²) in [6.07, 6.45) is 1.55. The lowest BCUT2D eigenvalue weighted by Gasteiger charge is -2.13. The number of halogens is 1. The standard InChI is InChI=1S/C21H21ClN2O4/c1-3-27-18-11-15(16(22)12-19(18)28-4-2)10-17-20(25)24(21(26)23-17)13-14-8-6-5-7-9-14/h5-12H,3-4,13H2,1-2H3,(H,23,26)/b17-10+. The van der Waals surface area contributed by atoms with Crippen molar-refractivity contribution in [1.82, 2.24) is 10.2 Å². The van der Waals surface area contributed by atoms with Crippen LogP contribution in [0, 0.1) is 0 Å². The van der Waals surface area contributed by atoms with Crippen molar-refractivity contribution in [3.05, 3.63) is 64.3 Å². The molecule has 1 N–H and O–H groups in total. The minimum atomic E-state index is -0.466. The fraction of sp³-hybridized carbons (Fsp3) is 0.238. The van der Waals surface area contributed by atoms with E-state index in [0.717, 1.165) is 10.5 Å². The van der Waals surface area contributed by atoms with Crippen LogP contribution in [-0.2, 0) is 11.3 Å². The van der Waals surface area contributed by atoms with Crippen LogP contribution < -0.4 is 14.8 Å². The van der Waals surface area contributed by atoms with E-state index in [1.54, 1.807) is 18.2 Å². The van der Waals surface area contributed by atoms with Crippen molar-refractivity contribution in [2.75, 3.05) is 13.2 Å². The summed E-state index contributed by atoms with van der Waals surface area (Å²) in [5, 5.41) is 3.00. The maximum absolute atomic E-state index is 12.7. The van der Waals surface area contributed by atoms with E-state index in [0.29, 0.717) is 35.3 Å². The number of nitrogens with one attached hydrogen (secondary N) is 1. The van der Waals surface area contributed by atoms with Gasteiger partial charge in [-0.3, -0.25) is 9.69 Å². The average Bonchev–Trinajstić information content (AvgIpc) is 2.94. The van der Waals surface area contributed by atoms with E-state index in [1.807, 2.05) is 44.2 Å². The first-order valence-electron chi connectivity index (χ1n) is 9.01. The van der Waals surface area contributed by atoms with E-state index in [4.69, 9.17) is 21.1 Å². The molecule has 7 heteroatoms. The molecule has 1 heterocycles. The van der Waals surface area contributed by atoms with Crippen LogP contribution in [0.3, 0.4) is 0 Å². The lowest BCUT2D eigenvalue weighted by Crippen LogP contribution is -2.30. The third-order valence-electron chi connectivity index (χ3n) is 4.11. The molecule has 0 spiro atoms. The summed E-state index contributed by atoms with van der Waals surface area (Å²) < 4.78 is 11.1. The summed E-state index contributed by atoms with van der Waals surface area (Å²) >= 11 is 6.35. The molecule has 1 fully saturated rings. The molecule has 2 aromatic carbocycles. The maximum Gasteiger partial charge on any atom is 0.329 e. The highest BCUT2D eigenvalue weighted by molar-refractivity contribution is 6.32. The number of ether oxygens (including phenoxy) is 2. The van der Waals surface area contributed by atoms with Gasteiger partial charge in [-0.15, -0.1) is 0 Å². The van der Waals surface area contributed by atoms with Crippen molar-refractivity contribution in [3.8, 4) is 11.5 Å². The Morgan fingerprint density at radius 1 is 1.04 bits per heavy atom. The van der Waals surface area contributed by atoms with Crippen molar-refractivity contribution >= 4 is 29.6 Å². The summed E-state index contributed by atoms with van der Waals surface area (Å²) in [4.78, 5) is 26.1. The van der Waals surface area contributed by atoms with Gasteiger partial charge in [0.1, 0.15) is 5.70 Å². The molecule has 6 nitrogen and oxygen atoms in total. The topological polar surface area (TPSA) is 67.9 Å². The molecule has 0 atom stereocenters. The molecule has 3 amide bonds. The molecule has 0 saturated carbocycles. The van der Waals surface area contributed by atoms with E-state index in [2.05, 4.69) is 5.32 Å². The Balaban J connectivity index is 1.88. The number of rotatable bonds is 7. The number of carbonyl (C=O) groups is 2. The number of amides is 3. The molecule has 1 aliphatic heterocycles. The smallest absolute Gasteiger partial charge is 0.329 e. The number of hydrogen-bond donors (Lipinski definition) is 1. The quantitative estimate of drug-likeness (QED) is 0.557. The molecule has 28 heavy (non-hydrogen) atoms. The lowest BCUT2D eigenvalue weighted by molar-refractivity contribution is -0.123. The minimum absolute atomic E-state index is 0.162. The molecule has 3 rings (SSSR count). The third-order valence-corrected chi connectivity index (χ3v) is 4.44. The molecular formula is C21H21ClN2O4. The molecule has 0 bridgehead atoms. The van der Waals surface area contributed by atoms with Crippen LogP contribution in [0.1, 0.15) is 25.0 Å². The van der Waals surface area contributed by atoms with Crippen molar-refractivity contribution in [2.45, 2.75) is 20.4 Å². The highest BCUT2D eigenvalue weighted by Gasteiger charge is 2.33. The maximum atomic E-state index is 12.7. The average molecular weight is 401 g/mol. The van der Waals surface area contributed by atoms with Gasteiger partial charge in [0.2, 0.25) is 0 Å². The Hall–Kier alpha value is -2.99. The van der Waals surface area contributed by atoms with Gasteiger partial charge in [0, 0.05) is 6.07 Å². The molecule has 0 aromatic heterocycles. The molecular weight excluding hydrogens is 380 g/mol. The largest absolute Gasteiger partial charge is 0.490 e. The molecule has 146 valence electrons. The zero-order valence-corrected chi connectivity index (χ0v) is 16.5. The summed E-state index contributed by atoms with van der Waals surface area (Å²) in [6.45, 7) is 4.86. The van der Waals surface area contributed by atoms with Gasteiger partial charge in [0.05, 0.1) is 24.8 Å². The summed E-state index contributed by atoms with van der Waals surface area (Å²) in [5.41, 5.74) is 1.58. The van der Waals surface area contributed by atoms with Crippen LogP contribution >= 0.6 is 11.6 Å². The fourth-order valence-corrected chi connectivity index (χ4v) is 3.04. The summed E-state index contributed by atoms with van der Waals surface area (Å²) in [7, 11) is 0. The number of carbonyl (C=O) groups excluding carboxylic acids is 2. The third kappa shape index (κ3) is 4.28. The highest BCUT2D eigenvalue weighted by atomic mass is 35.5. The number of imide groups is 1. The summed E-state index contributed by atoms with van der Waals surface area (Å²) in [5.74, 6) is 0.652. The van der Waals surface area contributed by atoms with Gasteiger partial charge in [-0.2, -0.15) is 0 Å². The fourth-order valence-electron chi connectivity index (χ4n) is 2.83. The van der Waals surface area contributed by atoms with Crippen LogP contribution in [0.4, 0.5) is 4.79 Å². The van der Waals surface area contributed by atoms with Crippen LogP contribution in [0.15, 0.2) is 48.2 Å². The van der Waals surface area contributed by atoms with E-state index < -0.39 is 11.9 Å². The molecule has 0 unspecified atom stereocenters. The normalized spacial score (nSPS) is 15.1. The Kier molecular flexibility index (Phi) is 6.21. The molecule has 2 aromatic rings.